The van der Waals surface area contributed by atoms with Gasteiger partial charge in [0.2, 0.25) is 0 Å². The number of halogens is 4. The summed E-state index contributed by atoms with van der Waals surface area (Å²) in [5.74, 6) is -0.847. The molecule has 0 radical (unpaired) electrons. The van der Waals surface area contributed by atoms with Crippen LogP contribution in [0.2, 0.25) is 0 Å². The molecular weight excluding hydrogens is 478 g/mol. The number of nitrogens with one attached hydrogen (secondary N) is 2. The first-order chi connectivity index (χ1) is 16.0. The van der Waals surface area contributed by atoms with Crippen LogP contribution >= 0.6 is 11.3 Å². The number of carbonyl (C=O) groups is 3. The maximum absolute atomic E-state index is 13.2. The molecule has 3 rings (SSSR count). The van der Waals surface area contributed by atoms with Crippen molar-refractivity contribution in [2.45, 2.75) is 32.0 Å². The van der Waals surface area contributed by atoms with Crippen LogP contribution in [0.25, 0.3) is 0 Å². The fraction of sp³-hybridized carbons (Fsp3) is 0.364. The molecule has 7 nitrogen and oxygen atoms in total. The normalized spacial score (nSPS) is 16.4. The molecule has 2 N–H and O–H groups in total. The smallest absolute Gasteiger partial charge is 0.379 e. The summed E-state index contributed by atoms with van der Waals surface area (Å²) in [5.41, 5.74) is -0.875. The van der Waals surface area contributed by atoms with E-state index in [1.807, 2.05) is 33.5 Å². The van der Waals surface area contributed by atoms with Crippen LogP contribution in [0, 0.1) is 31.0 Å². The van der Waals surface area contributed by atoms with Crippen molar-refractivity contribution >= 4 is 36.5 Å². The molecule has 1 aliphatic heterocycles. The molecule has 2 aromatic rings. The van der Waals surface area contributed by atoms with Crippen molar-refractivity contribution in [3.8, 4) is 6.07 Å². The molecule has 2 heterocycles. The molecule has 0 saturated carbocycles. The lowest BCUT2D eigenvalue weighted by molar-refractivity contribution is -0.194. The summed E-state index contributed by atoms with van der Waals surface area (Å²) >= 11 is 1.55. The van der Waals surface area contributed by atoms with Gasteiger partial charge in [0.1, 0.15) is 31.0 Å². The average Bonchev–Trinajstić information content (AvgIpc) is 3.45. The summed E-state index contributed by atoms with van der Waals surface area (Å²) in [7, 11) is 1.31. The molecule has 1 saturated heterocycles. The molecule has 1 amide bonds. The minimum atomic E-state index is -4.21. The van der Waals surface area contributed by atoms with Gasteiger partial charge in [0.25, 0.3) is 5.91 Å². The van der Waals surface area contributed by atoms with E-state index in [0.29, 0.717) is 11.3 Å². The number of nitrogens with zero attached hydrogens (tertiary/aromatic N) is 1. The number of hydrogen-bond donors (Lipinski definition) is 2. The Hall–Kier alpha value is -3.14. The fourth-order valence-corrected chi connectivity index (χ4v) is 3.79. The molecule has 1 aromatic carbocycles. The molecule has 0 spiro atoms. The minimum absolute atomic E-state index is 0.00694. The lowest BCUT2D eigenvalue weighted by Crippen LogP contribution is -2.55. The van der Waals surface area contributed by atoms with Crippen LogP contribution < -0.4 is 10.6 Å². The zero-order valence-electron chi connectivity index (χ0n) is 18.8. The lowest BCUT2D eigenvalue weighted by atomic mass is 9.99. The van der Waals surface area contributed by atoms with Crippen LogP contribution in [-0.4, -0.2) is 51.5 Å². The molecule has 186 valence electrons. The molecule has 34 heavy (non-hydrogen) atoms. The van der Waals surface area contributed by atoms with E-state index in [9.17, 15) is 22.4 Å². The molecule has 0 aliphatic carbocycles. The standard InChI is InChI=1S/C14H11FN2OS.C6H10F3NO.2CH2O/c1-8-5-12(9(2)19-8)14(18)17-11-3-4-13(15)10(6-11)7-16;1-10-5(6(7,8)9)2-3-11-4-5;2*1-2/h3-6H,1-2H3,(H,17,18);10H,2-4H2,1H3;2*1H2. The number of aryl methyl sites for hydroxylation is 2. The molecule has 12 heteroatoms. The van der Waals surface area contributed by atoms with Gasteiger partial charge in [-0.25, -0.2) is 4.39 Å². The Morgan fingerprint density at radius 2 is 1.82 bits per heavy atom. The summed E-state index contributed by atoms with van der Waals surface area (Å²) in [4.78, 5) is 30.0. The van der Waals surface area contributed by atoms with Gasteiger partial charge in [-0.1, -0.05) is 0 Å². The van der Waals surface area contributed by atoms with Crippen LogP contribution in [-0.2, 0) is 14.3 Å². The van der Waals surface area contributed by atoms with E-state index in [0.717, 1.165) is 9.75 Å². The van der Waals surface area contributed by atoms with Gasteiger partial charge in [-0.2, -0.15) is 18.4 Å². The average molecular weight is 504 g/mol. The Balaban J connectivity index is 0.000000618. The van der Waals surface area contributed by atoms with Crippen molar-refractivity contribution in [1.29, 1.82) is 5.26 Å². The number of alkyl halides is 3. The van der Waals surface area contributed by atoms with Crippen molar-refractivity contribution in [3.05, 3.63) is 51.0 Å². The van der Waals surface area contributed by atoms with E-state index in [1.165, 1.54) is 25.2 Å². The molecular formula is C22H25F4N3O4S. The summed E-state index contributed by atoms with van der Waals surface area (Å²) in [6, 6.07) is 7.47. The minimum Gasteiger partial charge on any atom is -0.379 e. The van der Waals surface area contributed by atoms with Crippen LogP contribution in [0.4, 0.5) is 23.2 Å². The van der Waals surface area contributed by atoms with Gasteiger partial charge < -0.3 is 25.0 Å². The molecule has 1 aliphatic rings. The highest BCUT2D eigenvalue weighted by atomic mass is 32.1. The zero-order valence-corrected chi connectivity index (χ0v) is 19.7. The fourth-order valence-electron chi connectivity index (χ4n) is 2.87. The predicted octanol–water partition coefficient (Wildman–Crippen LogP) is 4.19. The lowest BCUT2D eigenvalue weighted by Gasteiger charge is -2.29. The third kappa shape index (κ3) is 8.02. The van der Waals surface area contributed by atoms with Crippen molar-refractivity contribution in [2.75, 3.05) is 25.6 Å². The second-order valence-electron chi connectivity index (χ2n) is 6.72. The van der Waals surface area contributed by atoms with E-state index < -0.39 is 17.5 Å². The molecule has 1 unspecified atom stereocenters. The summed E-state index contributed by atoms with van der Waals surface area (Å²) < 4.78 is 54.7. The topological polar surface area (TPSA) is 108 Å². The van der Waals surface area contributed by atoms with Crippen LogP contribution in [0.5, 0.6) is 0 Å². The molecule has 0 bridgehead atoms. The van der Waals surface area contributed by atoms with Gasteiger partial charge in [0, 0.05) is 28.5 Å². The highest BCUT2D eigenvalue weighted by Crippen LogP contribution is 2.36. The number of benzene rings is 1. The quantitative estimate of drug-likeness (QED) is 0.609. The maximum Gasteiger partial charge on any atom is 0.408 e. The second kappa shape index (κ2) is 14.2. The van der Waals surface area contributed by atoms with Crippen molar-refractivity contribution in [3.63, 3.8) is 0 Å². The molecule has 1 aromatic heterocycles. The Bertz CT molecular complexity index is 982. The van der Waals surface area contributed by atoms with Gasteiger partial charge in [0.05, 0.1) is 17.7 Å². The Labute approximate surface area is 198 Å². The highest BCUT2D eigenvalue weighted by Gasteiger charge is 2.55. The maximum atomic E-state index is 13.2. The van der Waals surface area contributed by atoms with Crippen molar-refractivity contribution < 1.29 is 36.7 Å². The van der Waals surface area contributed by atoms with E-state index in [4.69, 9.17) is 19.6 Å². The number of anilines is 1. The number of amides is 1. The second-order valence-corrected chi connectivity index (χ2v) is 8.18. The monoisotopic (exact) mass is 503 g/mol. The SMILES string of the molecule is C=O.C=O.CNC1(C(F)(F)F)CCOC1.Cc1cc(C(=O)Nc2ccc(F)c(C#N)c2)c(C)s1. The third-order valence-electron chi connectivity index (χ3n) is 4.67. The number of hydrogen-bond acceptors (Lipinski definition) is 7. The van der Waals surface area contributed by atoms with Gasteiger partial charge in [-0.15, -0.1) is 11.3 Å². The number of ether oxygens (including phenoxy) is 1. The third-order valence-corrected chi connectivity index (χ3v) is 5.64. The van der Waals surface area contributed by atoms with Gasteiger partial charge in [-0.05, 0) is 45.2 Å². The Kier molecular flexibility index (Phi) is 12.9. The number of carbonyl (C=O) groups excluding carboxylic acids is 3. The molecule has 1 atom stereocenters. The number of nitriles is 1. The number of rotatable bonds is 3. The summed E-state index contributed by atoms with van der Waals surface area (Å²) in [5, 5.41) is 13.7. The summed E-state index contributed by atoms with van der Waals surface area (Å²) in [6.07, 6.45) is -4.20. The van der Waals surface area contributed by atoms with E-state index in [2.05, 4.69) is 10.6 Å². The highest BCUT2D eigenvalue weighted by molar-refractivity contribution is 7.12. The predicted molar refractivity (Wildman–Crippen MR) is 120 cm³/mol. The zero-order chi connectivity index (χ0) is 26.5. The molecule has 1 fully saturated rings. The van der Waals surface area contributed by atoms with Crippen LogP contribution in [0.3, 0.4) is 0 Å². The van der Waals surface area contributed by atoms with Crippen LogP contribution in [0.1, 0.15) is 32.1 Å². The summed E-state index contributed by atoms with van der Waals surface area (Å²) in [6.45, 7) is 7.71. The van der Waals surface area contributed by atoms with Crippen molar-refractivity contribution in [2.24, 2.45) is 0 Å². The van der Waals surface area contributed by atoms with Crippen LogP contribution in [0.15, 0.2) is 24.3 Å². The Morgan fingerprint density at radius 3 is 2.21 bits per heavy atom. The largest absolute Gasteiger partial charge is 0.408 e. The van der Waals surface area contributed by atoms with E-state index in [1.54, 1.807) is 17.4 Å². The Morgan fingerprint density at radius 1 is 1.21 bits per heavy atom. The van der Waals surface area contributed by atoms with Crippen molar-refractivity contribution in [1.82, 2.24) is 5.32 Å². The first-order valence-corrected chi connectivity index (χ1v) is 10.3. The number of thiophene rings is 1. The van der Waals surface area contributed by atoms with E-state index in [-0.39, 0.29) is 31.1 Å². The first kappa shape index (κ1) is 30.9. The van der Waals surface area contributed by atoms with Gasteiger partial charge in [-0.3, -0.25) is 4.79 Å². The van der Waals surface area contributed by atoms with E-state index >= 15 is 0 Å². The van der Waals surface area contributed by atoms with Gasteiger partial charge in [0.15, 0.2) is 0 Å². The number of likely N-dealkylation sites (N-methyl/N-ethyl adjacent to an activating group) is 1. The first-order valence-electron chi connectivity index (χ1n) is 9.52. The van der Waals surface area contributed by atoms with Gasteiger partial charge >= 0.3 is 6.18 Å².